The number of rotatable bonds is 4. The summed E-state index contributed by atoms with van der Waals surface area (Å²) in [5, 5.41) is 13.0. The van der Waals surface area contributed by atoms with E-state index in [1.807, 2.05) is 0 Å². The van der Waals surface area contributed by atoms with E-state index < -0.39 is 23.6 Å². The highest BCUT2D eigenvalue weighted by Gasteiger charge is 2.18. The van der Waals surface area contributed by atoms with E-state index in [-0.39, 0.29) is 16.5 Å². The number of benzene rings is 1. The Hall–Kier alpha value is -2.06. The Bertz CT molecular complexity index is 618. The number of hydrogen-bond acceptors (Lipinski definition) is 5. The zero-order valence-corrected chi connectivity index (χ0v) is 10.2. The zero-order chi connectivity index (χ0) is 14.0. The summed E-state index contributed by atoms with van der Waals surface area (Å²) in [7, 11) is 0. The van der Waals surface area contributed by atoms with Crippen LogP contribution in [0.3, 0.4) is 0 Å². The Labute approximate surface area is 110 Å². The molecule has 0 spiro atoms. The second-order valence-electron chi connectivity index (χ2n) is 3.62. The molecule has 2 rings (SSSR count). The molecule has 1 heterocycles. The number of halogens is 2. The highest BCUT2D eigenvalue weighted by molar-refractivity contribution is 7.13. The first-order valence-corrected chi connectivity index (χ1v) is 6.02. The van der Waals surface area contributed by atoms with Crippen LogP contribution in [0.5, 0.6) is 0 Å². The molecule has 1 unspecified atom stereocenters. The molecule has 0 aliphatic carbocycles. The highest BCUT2D eigenvalue weighted by Crippen LogP contribution is 2.25. The molecule has 0 saturated carbocycles. The molecule has 4 N–H and O–H groups in total. The van der Waals surface area contributed by atoms with E-state index in [2.05, 4.69) is 10.3 Å². The van der Waals surface area contributed by atoms with Crippen molar-refractivity contribution in [2.24, 2.45) is 5.73 Å². The molecule has 0 aliphatic heterocycles. The van der Waals surface area contributed by atoms with Gasteiger partial charge in [-0.05, 0) is 12.1 Å². The minimum absolute atomic E-state index is 0.0789. The molecule has 1 aromatic heterocycles. The van der Waals surface area contributed by atoms with Crippen LogP contribution in [-0.4, -0.2) is 16.1 Å². The number of carboxylic acid groups (broad SMARTS) is 1. The van der Waals surface area contributed by atoms with Gasteiger partial charge in [-0.15, -0.1) is 11.3 Å². The fourth-order valence-electron chi connectivity index (χ4n) is 1.33. The van der Waals surface area contributed by atoms with E-state index in [1.165, 1.54) is 17.5 Å². The molecule has 0 saturated heterocycles. The highest BCUT2D eigenvalue weighted by atomic mass is 32.1. The van der Waals surface area contributed by atoms with E-state index in [4.69, 9.17) is 10.8 Å². The van der Waals surface area contributed by atoms with Gasteiger partial charge in [0.25, 0.3) is 0 Å². The molecule has 0 amide bonds. The van der Waals surface area contributed by atoms with Gasteiger partial charge in [0.2, 0.25) is 0 Å². The third-order valence-electron chi connectivity index (χ3n) is 2.30. The molecule has 8 heteroatoms. The van der Waals surface area contributed by atoms with Gasteiger partial charge in [-0.1, -0.05) is 6.07 Å². The van der Waals surface area contributed by atoms with Crippen LogP contribution in [0.4, 0.5) is 19.6 Å². The lowest BCUT2D eigenvalue weighted by Crippen LogP contribution is -2.20. The predicted octanol–water partition coefficient (Wildman–Crippen LogP) is 2.25. The average Bonchev–Trinajstić information content (AvgIpc) is 2.82. The number of aromatic nitrogens is 1. The van der Waals surface area contributed by atoms with E-state index in [0.29, 0.717) is 0 Å². The number of thiazole rings is 1. The fraction of sp³-hybridized carbons (Fsp3) is 0.0909. The van der Waals surface area contributed by atoms with Crippen molar-refractivity contribution in [2.75, 3.05) is 5.32 Å². The molecule has 1 aromatic carbocycles. The van der Waals surface area contributed by atoms with Gasteiger partial charge in [0.05, 0.1) is 11.4 Å². The van der Waals surface area contributed by atoms with Gasteiger partial charge in [-0.2, -0.15) is 0 Å². The third kappa shape index (κ3) is 2.85. The van der Waals surface area contributed by atoms with Crippen molar-refractivity contribution in [1.82, 2.24) is 4.98 Å². The molecular weight excluding hydrogens is 276 g/mol. The van der Waals surface area contributed by atoms with Gasteiger partial charge in [-0.3, -0.25) is 4.79 Å². The maximum absolute atomic E-state index is 13.4. The summed E-state index contributed by atoms with van der Waals surface area (Å²) in [6, 6.07) is 2.44. The van der Waals surface area contributed by atoms with Crippen molar-refractivity contribution >= 4 is 28.1 Å². The van der Waals surface area contributed by atoms with Gasteiger partial charge in [0.15, 0.2) is 16.8 Å². The predicted molar refractivity (Wildman–Crippen MR) is 66.3 cm³/mol. The second kappa shape index (κ2) is 5.29. The van der Waals surface area contributed by atoms with Crippen LogP contribution < -0.4 is 11.1 Å². The van der Waals surface area contributed by atoms with Gasteiger partial charge >= 0.3 is 5.97 Å². The summed E-state index contributed by atoms with van der Waals surface area (Å²) in [6.07, 6.45) is 0. The summed E-state index contributed by atoms with van der Waals surface area (Å²) in [5.74, 6) is -3.22. The van der Waals surface area contributed by atoms with Crippen LogP contribution in [0.25, 0.3) is 0 Å². The molecule has 0 bridgehead atoms. The minimum Gasteiger partial charge on any atom is -0.480 e. The van der Waals surface area contributed by atoms with Crippen molar-refractivity contribution in [1.29, 1.82) is 0 Å². The SMILES string of the molecule is NC(C(=O)O)c1csc(Nc2cccc(F)c2F)n1. The molecule has 1 atom stereocenters. The van der Waals surface area contributed by atoms with Crippen molar-refractivity contribution in [3.63, 3.8) is 0 Å². The van der Waals surface area contributed by atoms with Crippen LogP contribution in [0.2, 0.25) is 0 Å². The lowest BCUT2D eigenvalue weighted by atomic mass is 10.2. The van der Waals surface area contributed by atoms with Crippen molar-refractivity contribution in [3.05, 3.63) is 40.9 Å². The standard InChI is InChI=1S/C11H9F2N3O2S/c12-5-2-1-3-6(8(5)13)15-11-16-7(4-19-11)9(14)10(17)18/h1-4,9H,14H2,(H,15,16)(H,17,18). The number of aliphatic carboxylic acids is 1. The Morgan fingerprint density at radius 1 is 1.47 bits per heavy atom. The summed E-state index contributed by atoms with van der Waals surface area (Å²) in [6.45, 7) is 0. The van der Waals surface area contributed by atoms with E-state index in [9.17, 15) is 13.6 Å². The summed E-state index contributed by atoms with van der Waals surface area (Å²) >= 11 is 1.05. The maximum Gasteiger partial charge on any atom is 0.326 e. The largest absolute Gasteiger partial charge is 0.480 e. The number of nitrogens with zero attached hydrogens (tertiary/aromatic N) is 1. The molecule has 100 valence electrons. The topological polar surface area (TPSA) is 88.2 Å². The van der Waals surface area contributed by atoms with E-state index >= 15 is 0 Å². The molecule has 2 aromatic rings. The quantitative estimate of drug-likeness (QED) is 0.802. The fourth-order valence-corrected chi connectivity index (χ4v) is 2.09. The molecule has 0 fully saturated rings. The molecule has 0 radical (unpaired) electrons. The van der Waals surface area contributed by atoms with Gasteiger partial charge in [0, 0.05) is 5.38 Å². The van der Waals surface area contributed by atoms with Crippen LogP contribution in [0.1, 0.15) is 11.7 Å². The summed E-state index contributed by atoms with van der Waals surface area (Å²) in [5.41, 5.74) is 5.45. The summed E-state index contributed by atoms with van der Waals surface area (Å²) < 4.78 is 26.4. The lowest BCUT2D eigenvalue weighted by Gasteiger charge is -2.04. The number of hydrogen-bond donors (Lipinski definition) is 3. The van der Waals surface area contributed by atoms with Crippen molar-refractivity contribution in [2.45, 2.75) is 6.04 Å². The number of nitrogens with one attached hydrogen (secondary N) is 1. The van der Waals surface area contributed by atoms with E-state index in [0.717, 1.165) is 17.4 Å². The van der Waals surface area contributed by atoms with E-state index in [1.54, 1.807) is 0 Å². The molecule has 5 nitrogen and oxygen atoms in total. The Morgan fingerprint density at radius 2 is 2.21 bits per heavy atom. The van der Waals surface area contributed by atoms with Gasteiger partial charge in [0.1, 0.15) is 6.04 Å². The first-order chi connectivity index (χ1) is 8.99. The Balaban J connectivity index is 2.20. The van der Waals surface area contributed by atoms with Crippen LogP contribution in [0, 0.1) is 11.6 Å². The molecular formula is C11H9F2N3O2S. The van der Waals surface area contributed by atoms with Crippen LogP contribution in [0.15, 0.2) is 23.6 Å². The minimum atomic E-state index is -1.25. The first kappa shape index (κ1) is 13.4. The number of nitrogens with two attached hydrogens (primary N) is 1. The number of carbonyl (C=O) groups is 1. The summed E-state index contributed by atoms with van der Waals surface area (Å²) in [4.78, 5) is 14.6. The smallest absolute Gasteiger partial charge is 0.326 e. The first-order valence-electron chi connectivity index (χ1n) is 5.14. The molecule has 0 aliphatic rings. The lowest BCUT2D eigenvalue weighted by molar-refractivity contribution is -0.138. The maximum atomic E-state index is 13.4. The molecule has 19 heavy (non-hydrogen) atoms. The number of anilines is 2. The zero-order valence-electron chi connectivity index (χ0n) is 9.43. The van der Waals surface area contributed by atoms with Crippen LogP contribution >= 0.6 is 11.3 Å². The number of carboxylic acids is 1. The Morgan fingerprint density at radius 3 is 2.89 bits per heavy atom. The Kier molecular flexibility index (Phi) is 3.72. The van der Waals surface area contributed by atoms with Crippen molar-refractivity contribution < 1.29 is 18.7 Å². The van der Waals surface area contributed by atoms with Gasteiger partial charge in [-0.25, -0.2) is 13.8 Å². The van der Waals surface area contributed by atoms with Crippen molar-refractivity contribution in [3.8, 4) is 0 Å². The van der Waals surface area contributed by atoms with Gasteiger partial charge < -0.3 is 16.2 Å². The average molecular weight is 285 g/mol. The second-order valence-corrected chi connectivity index (χ2v) is 4.48. The normalized spacial score (nSPS) is 12.2. The van der Waals surface area contributed by atoms with Crippen LogP contribution in [-0.2, 0) is 4.79 Å². The third-order valence-corrected chi connectivity index (χ3v) is 3.08. The monoisotopic (exact) mass is 285 g/mol.